The Kier molecular flexibility index (Phi) is 5.81. The largest absolute Gasteiger partial charge is 0.487 e. The van der Waals surface area contributed by atoms with Gasteiger partial charge in [0, 0.05) is 6.20 Å². The second-order valence-corrected chi connectivity index (χ2v) is 5.87. The van der Waals surface area contributed by atoms with Crippen molar-refractivity contribution in [1.82, 2.24) is 14.8 Å². The topological polar surface area (TPSA) is 66.2 Å². The van der Waals surface area contributed by atoms with Gasteiger partial charge >= 0.3 is 12.1 Å². The normalized spacial score (nSPS) is 11.3. The van der Waals surface area contributed by atoms with Crippen molar-refractivity contribution in [3.63, 3.8) is 0 Å². The van der Waals surface area contributed by atoms with Gasteiger partial charge in [-0.25, -0.2) is 18.9 Å². The zero-order valence-corrected chi connectivity index (χ0v) is 15.1. The molecule has 0 saturated heterocycles. The minimum absolute atomic E-state index is 0.0425. The Morgan fingerprint density at radius 2 is 1.86 bits per heavy atom. The van der Waals surface area contributed by atoms with E-state index >= 15 is 0 Å². The molecule has 0 aliphatic carbocycles. The fourth-order valence-corrected chi connectivity index (χ4v) is 2.45. The van der Waals surface area contributed by atoms with Gasteiger partial charge in [-0.2, -0.15) is 18.3 Å². The highest BCUT2D eigenvalue weighted by atomic mass is 19.4. The van der Waals surface area contributed by atoms with Gasteiger partial charge in [0.05, 0.1) is 17.5 Å². The van der Waals surface area contributed by atoms with Gasteiger partial charge in [0.15, 0.2) is 17.4 Å². The van der Waals surface area contributed by atoms with Crippen molar-refractivity contribution in [2.45, 2.75) is 13.1 Å². The molecule has 0 aliphatic rings. The predicted molar refractivity (Wildman–Crippen MR) is 93.3 cm³/mol. The van der Waals surface area contributed by atoms with E-state index in [0.29, 0.717) is 11.9 Å². The van der Waals surface area contributed by atoms with E-state index in [0.717, 1.165) is 12.1 Å². The maximum absolute atomic E-state index is 13.4. The third-order valence-electron chi connectivity index (χ3n) is 3.93. The fourth-order valence-electron chi connectivity index (χ4n) is 2.45. The van der Waals surface area contributed by atoms with Crippen LogP contribution in [0, 0.1) is 12.7 Å². The molecule has 0 amide bonds. The SMILES string of the molecule is Cc1c(C(=O)OCCOc2ccccc2F)cnn1-c1ccc(C(F)(F)F)cn1. The van der Waals surface area contributed by atoms with Gasteiger partial charge in [-0.3, -0.25) is 0 Å². The second kappa shape index (κ2) is 8.29. The third kappa shape index (κ3) is 4.71. The van der Waals surface area contributed by atoms with Crippen molar-refractivity contribution < 1.29 is 31.8 Å². The second-order valence-electron chi connectivity index (χ2n) is 5.87. The Labute approximate surface area is 162 Å². The van der Waals surface area contributed by atoms with E-state index in [9.17, 15) is 22.4 Å². The number of hydrogen-bond donors (Lipinski definition) is 0. The van der Waals surface area contributed by atoms with Gasteiger partial charge in [0.2, 0.25) is 0 Å². The first kappa shape index (κ1) is 20.3. The van der Waals surface area contributed by atoms with Crippen molar-refractivity contribution >= 4 is 5.97 Å². The average Bonchev–Trinajstić information content (AvgIpc) is 3.07. The summed E-state index contributed by atoms with van der Waals surface area (Å²) in [6.45, 7) is 1.37. The van der Waals surface area contributed by atoms with Crippen LogP contribution in [0.4, 0.5) is 17.6 Å². The van der Waals surface area contributed by atoms with E-state index in [1.165, 1.54) is 29.1 Å². The first-order valence-electron chi connectivity index (χ1n) is 8.40. The number of alkyl halides is 3. The molecular formula is C19H15F4N3O3. The van der Waals surface area contributed by atoms with Crippen molar-refractivity contribution in [3.05, 3.63) is 71.4 Å². The van der Waals surface area contributed by atoms with Gasteiger partial charge in [-0.15, -0.1) is 0 Å². The van der Waals surface area contributed by atoms with Gasteiger partial charge < -0.3 is 9.47 Å². The van der Waals surface area contributed by atoms with Crippen molar-refractivity contribution in [2.24, 2.45) is 0 Å². The highest BCUT2D eigenvalue weighted by molar-refractivity contribution is 5.90. The van der Waals surface area contributed by atoms with Gasteiger partial charge in [-0.1, -0.05) is 12.1 Å². The van der Waals surface area contributed by atoms with Gasteiger partial charge in [0.25, 0.3) is 0 Å². The molecule has 1 aromatic carbocycles. The molecule has 0 bridgehead atoms. The van der Waals surface area contributed by atoms with Gasteiger partial charge in [0.1, 0.15) is 18.8 Å². The number of ether oxygens (including phenoxy) is 2. The van der Waals surface area contributed by atoms with Crippen molar-refractivity contribution in [3.8, 4) is 11.6 Å². The Morgan fingerprint density at radius 3 is 2.52 bits per heavy atom. The minimum Gasteiger partial charge on any atom is -0.487 e. The molecule has 0 spiro atoms. The molecule has 152 valence electrons. The first-order chi connectivity index (χ1) is 13.8. The number of pyridine rings is 1. The summed E-state index contributed by atoms with van der Waals surface area (Å²) in [5.74, 6) is -1.06. The Bertz CT molecular complexity index is 1000. The molecule has 29 heavy (non-hydrogen) atoms. The van der Waals surface area contributed by atoms with Crippen molar-refractivity contribution in [1.29, 1.82) is 0 Å². The van der Waals surface area contributed by atoms with E-state index < -0.39 is 23.5 Å². The standard InChI is InChI=1S/C19H15F4N3O3/c1-12-14(18(27)29-9-8-28-16-5-3-2-4-15(16)20)11-25-26(12)17-7-6-13(10-24-17)19(21,22)23/h2-7,10-11H,8-9H2,1H3. The number of carbonyl (C=O) groups is 1. The molecule has 3 rings (SSSR count). The molecule has 6 nitrogen and oxygen atoms in total. The summed E-state index contributed by atoms with van der Waals surface area (Å²) in [6, 6.07) is 7.85. The molecule has 3 aromatic rings. The maximum atomic E-state index is 13.4. The lowest BCUT2D eigenvalue weighted by Gasteiger charge is -2.09. The number of halogens is 4. The highest BCUT2D eigenvalue weighted by Gasteiger charge is 2.30. The molecule has 2 heterocycles. The number of hydrogen-bond acceptors (Lipinski definition) is 5. The number of aromatic nitrogens is 3. The van der Waals surface area contributed by atoms with Crippen LogP contribution in [0.15, 0.2) is 48.8 Å². The summed E-state index contributed by atoms with van der Waals surface area (Å²) in [4.78, 5) is 15.9. The van der Waals surface area contributed by atoms with Crippen LogP contribution >= 0.6 is 0 Å². The van der Waals surface area contributed by atoms with E-state index in [-0.39, 0.29) is 30.3 Å². The molecule has 0 radical (unpaired) electrons. The zero-order chi connectivity index (χ0) is 21.0. The van der Waals surface area contributed by atoms with E-state index in [2.05, 4.69) is 10.1 Å². The number of para-hydroxylation sites is 1. The third-order valence-corrected chi connectivity index (χ3v) is 3.93. The summed E-state index contributed by atoms with van der Waals surface area (Å²) in [5, 5.41) is 3.98. The van der Waals surface area contributed by atoms with Crippen LogP contribution in [-0.2, 0) is 10.9 Å². The molecule has 0 saturated carbocycles. The number of benzene rings is 1. The van der Waals surface area contributed by atoms with Crippen LogP contribution in [0.25, 0.3) is 5.82 Å². The van der Waals surface area contributed by atoms with E-state index in [1.54, 1.807) is 13.0 Å². The Hall–Kier alpha value is -3.43. The number of rotatable bonds is 6. The molecule has 0 atom stereocenters. The fraction of sp³-hybridized carbons (Fsp3) is 0.211. The first-order valence-corrected chi connectivity index (χ1v) is 8.40. The lowest BCUT2D eigenvalue weighted by atomic mass is 10.2. The zero-order valence-electron chi connectivity index (χ0n) is 15.1. The van der Waals surface area contributed by atoms with E-state index in [4.69, 9.17) is 9.47 Å². The smallest absolute Gasteiger partial charge is 0.417 e. The van der Waals surface area contributed by atoms with Crippen LogP contribution < -0.4 is 4.74 Å². The maximum Gasteiger partial charge on any atom is 0.417 e. The molecule has 10 heteroatoms. The van der Waals surface area contributed by atoms with Crippen LogP contribution in [0.1, 0.15) is 21.6 Å². The predicted octanol–water partition coefficient (Wildman–Crippen LogP) is 3.97. The van der Waals surface area contributed by atoms with Crippen LogP contribution in [0.2, 0.25) is 0 Å². The van der Waals surface area contributed by atoms with Crippen LogP contribution in [0.3, 0.4) is 0 Å². The summed E-state index contributed by atoms with van der Waals surface area (Å²) < 4.78 is 62.8. The van der Waals surface area contributed by atoms with Crippen LogP contribution in [-0.4, -0.2) is 33.9 Å². The molecule has 2 aromatic heterocycles. The van der Waals surface area contributed by atoms with Crippen molar-refractivity contribution in [2.75, 3.05) is 13.2 Å². The summed E-state index contributed by atoms with van der Waals surface area (Å²) in [5.41, 5.74) is -0.421. The minimum atomic E-state index is -4.50. The number of carbonyl (C=O) groups excluding carboxylic acids is 1. The Morgan fingerprint density at radius 1 is 1.10 bits per heavy atom. The lowest BCUT2D eigenvalue weighted by Crippen LogP contribution is -2.13. The molecule has 0 fully saturated rings. The monoisotopic (exact) mass is 409 g/mol. The number of nitrogens with zero attached hydrogens (tertiary/aromatic N) is 3. The molecule has 0 aliphatic heterocycles. The highest BCUT2D eigenvalue weighted by Crippen LogP contribution is 2.28. The molecular weight excluding hydrogens is 394 g/mol. The van der Waals surface area contributed by atoms with Crippen LogP contribution in [0.5, 0.6) is 5.75 Å². The van der Waals surface area contributed by atoms with Gasteiger partial charge in [-0.05, 0) is 31.2 Å². The quantitative estimate of drug-likeness (QED) is 0.350. The number of esters is 1. The molecule has 0 N–H and O–H groups in total. The summed E-state index contributed by atoms with van der Waals surface area (Å²) in [7, 11) is 0. The Balaban J connectivity index is 1.61. The summed E-state index contributed by atoms with van der Waals surface area (Å²) >= 11 is 0. The summed E-state index contributed by atoms with van der Waals surface area (Å²) in [6.07, 6.45) is -2.58. The van der Waals surface area contributed by atoms with E-state index in [1.807, 2.05) is 0 Å². The lowest BCUT2D eigenvalue weighted by molar-refractivity contribution is -0.137. The average molecular weight is 409 g/mol. The molecule has 0 unspecified atom stereocenters.